The molecule has 2 saturated heterocycles. The third kappa shape index (κ3) is 30.8. The number of nitrogens with zero attached hydrogens (tertiary/aromatic N) is 2. The Morgan fingerprint density at radius 3 is 1.19 bits per heavy atom. The Morgan fingerprint density at radius 1 is 0.409 bits per heavy atom. The maximum atomic E-state index is 14.5. The largest absolute Gasteiger partial charge is 0.508 e. The molecule has 2 aliphatic rings. The normalized spacial score (nSPS) is 19.7. The Labute approximate surface area is 663 Å². The summed E-state index contributed by atoms with van der Waals surface area (Å²) in [6.45, 7) is -1.79. The third-order valence-corrected chi connectivity index (χ3v) is 18.8. The van der Waals surface area contributed by atoms with E-state index in [0.29, 0.717) is 41.5 Å². The van der Waals surface area contributed by atoms with Crippen molar-refractivity contribution in [3.05, 3.63) is 156 Å². The summed E-state index contributed by atoms with van der Waals surface area (Å²) in [6, 6.07) is 29.3. The van der Waals surface area contributed by atoms with E-state index in [1.807, 2.05) is 84.9 Å². The zero-order chi connectivity index (χ0) is 82.4. The van der Waals surface area contributed by atoms with E-state index in [9.17, 15) is 67.7 Å². The molecule has 35 heteroatoms. The average Bonchev–Trinajstić information content (AvgIpc) is 1.11. The van der Waals surface area contributed by atoms with Crippen molar-refractivity contribution in [1.82, 2.24) is 69.1 Å². The molecule has 6 aromatic carbocycles. The number of fused-ring (bicyclic) bond motifs is 2. The number of phenols is 2. The second-order valence-corrected chi connectivity index (χ2v) is 27.9. The third-order valence-electron chi connectivity index (χ3n) is 18.8. The van der Waals surface area contributed by atoms with Crippen LogP contribution in [-0.4, -0.2) is 200 Å². The number of guanidine groups is 2. The van der Waals surface area contributed by atoms with Crippen molar-refractivity contribution < 1.29 is 77.4 Å². The van der Waals surface area contributed by atoms with Crippen LogP contribution in [0.2, 0.25) is 0 Å². The molecule has 11 amide bonds. The molecule has 8 atom stereocenters. The molecule has 0 aromatic heterocycles. The molecule has 0 spiro atoms. The van der Waals surface area contributed by atoms with Crippen LogP contribution in [0.25, 0.3) is 21.5 Å². The number of amides is 11. The molecule has 0 bridgehead atoms. The standard InChI is InChI=1S/C80H101N19O16/c81-79(82)87-34-10-18-60-76(111)98-64(42-51-20-26-53-12-2-4-14-55(53)38-51)73(108)89-45-68(103)93-63(40-49-22-28-58(100)29-23-49)67(102)44-57(72(107)95-60)16-8-32-85-70(105)47-114-91-36-6-1-7-37-92-115-48-71(106)86-33-9-17-61-75(110)96-62(19-11-35-88-80(83)84)77(112)99-65(43-52-21-27-54-13-3-5-15-56(54)39-52)74(109)90-46-69(104)94-66(78(113)97-61)41-50-24-30-59(101)31-25-50/h2-5,12-15,20-31,36-39,57,60-66,100-101H,1,6-11,16-19,32-35,40-48H2,(H,85,105)(H,86,106)(H,89,108)(H,90,109)(H,93,103)(H,94,104)(H,95,107)(H,96,110)(H,97,113)(H,98,111)(H,99,112)(H4,81,82,87)(H4,83,84,88)/b91-36+,92-37+/t57-,60+,61+,62+,63-,64+,65+,66-/m1/s1. The van der Waals surface area contributed by atoms with Gasteiger partial charge in [-0.1, -0.05) is 120 Å². The van der Waals surface area contributed by atoms with Gasteiger partial charge >= 0.3 is 0 Å². The fourth-order valence-corrected chi connectivity index (χ4v) is 12.8. The van der Waals surface area contributed by atoms with Gasteiger partial charge in [-0.2, -0.15) is 0 Å². The summed E-state index contributed by atoms with van der Waals surface area (Å²) in [7, 11) is 0. The lowest BCUT2D eigenvalue weighted by molar-refractivity contribution is -0.134. The smallest absolute Gasteiger partial charge is 0.260 e. The van der Waals surface area contributed by atoms with Crippen LogP contribution in [0.3, 0.4) is 0 Å². The van der Waals surface area contributed by atoms with E-state index in [2.05, 4.69) is 79.4 Å². The minimum absolute atomic E-state index is 0.00247. The van der Waals surface area contributed by atoms with Gasteiger partial charge in [0.05, 0.1) is 19.1 Å². The number of aromatic hydroxyl groups is 2. The van der Waals surface area contributed by atoms with Gasteiger partial charge in [-0.15, -0.1) is 0 Å². The highest BCUT2D eigenvalue weighted by Crippen LogP contribution is 2.22. The van der Waals surface area contributed by atoms with Crippen LogP contribution < -0.4 is 80.6 Å². The van der Waals surface area contributed by atoms with Crippen molar-refractivity contribution in [2.75, 3.05) is 52.5 Å². The molecule has 0 radical (unpaired) electrons. The van der Waals surface area contributed by atoms with Gasteiger partial charge in [0.15, 0.2) is 30.9 Å². The summed E-state index contributed by atoms with van der Waals surface area (Å²) >= 11 is 0. The highest BCUT2D eigenvalue weighted by molar-refractivity contribution is 5.99. The van der Waals surface area contributed by atoms with Crippen LogP contribution in [0, 0.1) is 16.7 Å². The summed E-state index contributed by atoms with van der Waals surface area (Å²) in [5.74, 6) is -10.1. The predicted octanol–water partition coefficient (Wildman–Crippen LogP) is 0.398. The zero-order valence-corrected chi connectivity index (χ0v) is 63.6. The second kappa shape index (κ2) is 45.9. The molecular weight excluding hydrogens is 1480 g/mol. The van der Waals surface area contributed by atoms with Crippen LogP contribution in [0.1, 0.15) is 99.3 Å². The van der Waals surface area contributed by atoms with Crippen LogP contribution >= 0.6 is 0 Å². The molecule has 2 fully saturated rings. The number of rotatable bonds is 34. The van der Waals surface area contributed by atoms with Gasteiger partial charge in [0, 0.05) is 70.2 Å². The van der Waals surface area contributed by atoms with E-state index in [0.717, 1.165) is 21.5 Å². The van der Waals surface area contributed by atoms with E-state index >= 15 is 0 Å². The number of unbranched alkanes of at least 4 members (excludes halogenated alkanes) is 2. The Hall–Kier alpha value is -13.2. The van der Waals surface area contributed by atoms with Crippen molar-refractivity contribution in [3.63, 3.8) is 0 Å². The maximum absolute atomic E-state index is 14.5. The summed E-state index contributed by atoms with van der Waals surface area (Å²) in [4.78, 5) is 177. The Balaban J connectivity index is 0.802. The Bertz CT molecular complexity index is 4170. The van der Waals surface area contributed by atoms with Gasteiger partial charge in [-0.25, -0.2) is 0 Å². The first-order valence-corrected chi connectivity index (χ1v) is 38.1. The molecule has 2 heterocycles. The predicted molar refractivity (Wildman–Crippen MR) is 427 cm³/mol. The number of phenolic OH excluding ortho intramolecular Hbond substituents is 2. The molecule has 21 N–H and O–H groups in total. The van der Waals surface area contributed by atoms with Gasteiger partial charge in [-0.3, -0.25) is 68.4 Å². The summed E-state index contributed by atoms with van der Waals surface area (Å²) in [5.41, 5.74) is 13.5. The number of hydrogen-bond donors (Lipinski definition) is 19. The number of ketones is 1. The monoisotopic (exact) mass is 1580 g/mol. The first-order chi connectivity index (χ1) is 55.4. The minimum Gasteiger partial charge on any atom is -0.508 e. The minimum atomic E-state index is -1.35. The summed E-state index contributed by atoms with van der Waals surface area (Å²) in [5, 5.41) is 81.6. The van der Waals surface area contributed by atoms with Crippen molar-refractivity contribution >= 4 is 117 Å². The van der Waals surface area contributed by atoms with E-state index < -0.39 is 152 Å². The number of benzene rings is 6. The fourth-order valence-electron chi connectivity index (χ4n) is 12.8. The van der Waals surface area contributed by atoms with Gasteiger partial charge in [0.1, 0.15) is 47.8 Å². The lowest BCUT2D eigenvalue weighted by Gasteiger charge is -2.26. The van der Waals surface area contributed by atoms with Gasteiger partial charge < -0.3 is 100 Å². The summed E-state index contributed by atoms with van der Waals surface area (Å²) in [6.07, 6.45) is 4.25. The van der Waals surface area contributed by atoms with Crippen LogP contribution in [0.15, 0.2) is 144 Å². The van der Waals surface area contributed by atoms with Crippen LogP contribution in [0.4, 0.5) is 0 Å². The lowest BCUT2D eigenvalue weighted by Crippen LogP contribution is -2.58. The van der Waals surface area contributed by atoms with E-state index in [-0.39, 0.29) is 127 Å². The quantitative estimate of drug-likeness (QED) is 0.0112. The molecule has 8 rings (SSSR count). The molecule has 2 aliphatic heterocycles. The number of carbonyl (C=O) groups is 12. The number of hydrogen-bond acceptors (Lipinski definition) is 20. The van der Waals surface area contributed by atoms with Gasteiger partial charge in [0.2, 0.25) is 53.2 Å². The number of oxime groups is 2. The molecule has 6 aromatic rings. The van der Waals surface area contributed by atoms with Crippen molar-refractivity contribution in [3.8, 4) is 11.5 Å². The molecule has 0 aliphatic carbocycles. The van der Waals surface area contributed by atoms with Gasteiger partial charge in [-0.05, 0) is 145 Å². The molecule has 612 valence electrons. The van der Waals surface area contributed by atoms with E-state index in [1.54, 1.807) is 24.3 Å². The highest BCUT2D eigenvalue weighted by atomic mass is 16.6. The molecule has 0 unspecified atom stereocenters. The zero-order valence-electron chi connectivity index (χ0n) is 63.6. The summed E-state index contributed by atoms with van der Waals surface area (Å²) < 4.78 is 0. The maximum Gasteiger partial charge on any atom is 0.260 e. The van der Waals surface area contributed by atoms with Gasteiger partial charge in [0.25, 0.3) is 11.8 Å². The van der Waals surface area contributed by atoms with Crippen molar-refractivity contribution in [2.45, 2.75) is 145 Å². The first kappa shape index (κ1) is 87.3. The molecular formula is C80H101N19O16. The Morgan fingerprint density at radius 2 is 0.757 bits per heavy atom. The van der Waals surface area contributed by atoms with E-state index in [4.69, 9.17) is 32.0 Å². The Kier molecular flexibility index (Phi) is 34.9. The molecule has 115 heavy (non-hydrogen) atoms. The average molecular weight is 1580 g/mol. The SMILES string of the molecule is N=C(N)NCCC[C@@H]1NC(=O)[C@H](CCCNC(=O)CO/N=C/CCC/C=N/OCC(=O)NCCC[C@@H]2NC(=O)[C@@H](Cc3ccc(O)cc3)NC(=O)CNC(=O)[C@H](Cc3ccc4ccccc4c3)NC(=O)[C@H](CCCNC(=N)N)NC2=O)CC(=O)[C@@H](Cc2ccc(O)cc2)NC(=O)CNC(=O)[C@H](Cc2ccc3ccccc3c2)NC1=O. The van der Waals surface area contributed by atoms with E-state index in [1.165, 1.54) is 36.7 Å². The number of carbonyl (C=O) groups excluding carboxylic acids is 12. The van der Waals surface area contributed by atoms with Crippen molar-refractivity contribution in [2.24, 2.45) is 27.7 Å². The fraction of sp³-hybridized carbons (Fsp3) is 0.400. The van der Waals surface area contributed by atoms with Crippen LogP contribution in [0.5, 0.6) is 11.5 Å². The van der Waals surface area contributed by atoms with Crippen molar-refractivity contribution in [1.29, 1.82) is 10.8 Å². The van der Waals surface area contributed by atoms with Crippen LogP contribution in [-0.2, 0) is 92.9 Å². The molecule has 35 nitrogen and oxygen atoms in total. The first-order valence-electron chi connectivity index (χ1n) is 38.1. The number of nitrogens with one attached hydrogen (secondary N) is 15. The highest BCUT2D eigenvalue weighted by Gasteiger charge is 2.36. The lowest BCUT2D eigenvalue weighted by atomic mass is 9.90. The molecule has 0 saturated carbocycles. The number of Topliss-reactive ketones (excluding diaryl/α,β-unsaturated/α-hetero) is 1. The number of nitrogens with two attached hydrogens (primary N) is 2. The second-order valence-electron chi connectivity index (χ2n) is 27.9. The topological polar surface area (TPSA) is 545 Å².